The molecule has 1 aromatic carbocycles. The second-order valence-corrected chi connectivity index (χ2v) is 5.41. The first-order valence-electron chi connectivity index (χ1n) is 7.07. The fourth-order valence-electron chi connectivity index (χ4n) is 2.75. The number of nitrogens with zero attached hydrogens (tertiary/aromatic N) is 2. The number of methoxy groups -OCH3 is 1. The Morgan fingerprint density at radius 2 is 2.17 bits per heavy atom. The molecule has 6 nitrogen and oxygen atoms in total. The molecular formula is C15H13F3N3O3-. The molecule has 128 valence electrons. The molecule has 1 aliphatic heterocycles. The van der Waals surface area contributed by atoms with E-state index in [9.17, 15) is 23.1 Å². The molecule has 0 fully saturated rings. The Morgan fingerprint density at radius 3 is 2.79 bits per heavy atom. The molecule has 0 saturated heterocycles. The van der Waals surface area contributed by atoms with E-state index in [1.54, 1.807) is 24.3 Å². The number of aromatic carboxylic acids is 1. The van der Waals surface area contributed by atoms with Crippen molar-refractivity contribution in [1.82, 2.24) is 9.78 Å². The van der Waals surface area contributed by atoms with E-state index in [0.29, 0.717) is 16.0 Å². The maximum Gasteiger partial charge on any atom is 0.410 e. The number of aromatic nitrogens is 2. The van der Waals surface area contributed by atoms with Gasteiger partial charge in [0.1, 0.15) is 17.3 Å². The normalized spacial score (nSPS) is 20.2. The van der Waals surface area contributed by atoms with Crippen molar-refractivity contribution in [1.29, 1.82) is 0 Å². The molecule has 0 bridgehead atoms. The van der Waals surface area contributed by atoms with E-state index in [4.69, 9.17) is 4.74 Å². The third-order valence-electron chi connectivity index (χ3n) is 3.90. The molecule has 3 rings (SSSR count). The van der Waals surface area contributed by atoms with Gasteiger partial charge in [0.25, 0.3) is 0 Å². The minimum atomic E-state index is -4.57. The highest BCUT2D eigenvalue weighted by atomic mass is 19.4. The van der Waals surface area contributed by atoms with Gasteiger partial charge in [-0.25, -0.2) is 4.68 Å². The molecule has 0 radical (unpaired) electrons. The van der Waals surface area contributed by atoms with Crippen LogP contribution >= 0.6 is 0 Å². The lowest BCUT2D eigenvalue weighted by Crippen LogP contribution is -2.35. The van der Waals surface area contributed by atoms with Gasteiger partial charge in [0, 0.05) is 12.5 Å². The number of hydrogen-bond donors (Lipinski definition) is 1. The van der Waals surface area contributed by atoms with Crippen LogP contribution in [0.4, 0.5) is 19.0 Å². The second-order valence-electron chi connectivity index (χ2n) is 5.41. The van der Waals surface area contributed by atoms with Crippen LogP contribution in [0.2, 0.25) is 0 Å². The van der Waals surface area contributed by atoms with Gasteiger partial charge in [-0.3, -0.25) is 0 Å². The lowest BCUT2D eigenvalue weighted by Gasteiger charge is -2.33. The maximum atomic E-state index is 13.4. The average molecular weight is 340 g/mol. The molecular weight excluding hydrogens is 327 g/mol. The van der Waals surface area contributed by atoms with Gasteiger partial charge < -0.3 is 20.0 Å². The smallest absolute Gasteiger partial charge is 0.410 e. The van der Waals surface area contributed by atoms with Gasteiger partial charge in [0.05, 0.1) is 19.1 Å². The minimum Gasteiger partial charge on any atom is -0.543 e. The third kappa shape index (κ3) is 2.89. The van der Waals surface area contributed by atoms with Crippen LogP contribution in [0.25, 0.3) is 0 Å². The number of carbonyl (C=O) groups excluding carboxylic acids is 1. The highest BCUT2D eigenvalue weighted by molar-refractivity contribution is 5.84. The molecule has 0 unspecified atom stereocenters. The molecule has 2 heterocycles. The predicted molar refractivity (Wildman–Crippen MR) is 75.6 cm³/mol. The molecule has 24 heavy (non-hydrogen) atoms. The SMILES string of the molecule is COc1cccc([C@H]2C[C@@H](C(F)(F)F)n3nc(C(=O)[O-])cc3N2)c1. The van der Waals surface area contributed by atoms with Crippen LogP contribution in [0.15, 0.2) is 30.3 Å². The number of carboxylic acid groups (broad SMARTS) is 1. The summed E-state index contributed by atoms with van der Waals surface area (Å²) in [6.45, 7) is 0. The van der Waals surface area contributed by atoms with E-state index < -0.39 is 29.9 Å². The van der Waals surface area contributed by atoms with E-state index in [1.807, 2.05) is 0 Å². The lowest BCUT2D eigenvalue weighted by molar-refractivity contribution is -0.255. The molecule has 1 aromatic heterocycles. The number of anilines is 1. The average Bonchev–Trinajstić information content (AvgIpc) is 2.97. The van der Waals surface area contributed by atoms with Gasteiger partial charge in [-0.2, -0.15) is 18.3 Å². The zero-order chi connectivity index (χ0) is 17.5. The molecule has 2 atom stereocenters. The first-order valence-corrected chi connectivity index (χ1v) is 7.07. The molecule has 9 heteroatoms. The summed E-state index contributed by atoms with van der Waals surface area (Å²) in [5.41, 5.74) is 0.0593. The topological polar surface area (TPSA) is 79.2 Å². The number of nitrogens with one attached hydrogen (secondary N) is 1. The van der Waals surface area contributed by atoms with Crippen molar-refractivity contribution in [3.05, 3.63) is 41.6 Å². The molecule has 0 aliphatic carbocycles. The van der Waals surface area contributed by atoms with Gasteiger partial charge in [-0.15, -0.1) is 0 Å². The fraction of sp³-hybridized carbons (Fsp3) is 0.333. The van der Waals surface area contributed by atoms with E-state index in [1.165, 1.54) is 7.11 Å². The Bertz CT molecular complexity index is 773. The van der Waals surface area contributed by atoms with E-state index in [2.05, 4.69) is 10.4 Å². The number of alkyl halides is 3. The Kier molecular flexibility index (Phi) is 3.86. The number of ether oxygens (including phenoxy) is 1. The fourth-order valence-corrected chi connectivity index (χ4v) is 2.75. The summed E-state index contributed by atoms with van der Waals surface area (Å²) in [6.07, 6.45) is -4.89. The zero-order valence-electron chi connectivity index (χ0n) is 12.5. The molecule has 2 aromatic rings. The Balaban J connectivity index is 2.02. The van der Waals surface area contributed by atoms with Crippen molar-refractivity contribution >= 4 is 11.8 Å². The van der Waals surface area contributed by atoms with E-state index >= 15 is 0 Å². The monoisotopic (exact) mass is 340 g/mol. The Labute approximate surface area is 134 Å². The van der Waals surface area contributed by atoms with Crippen LogP contribution in [0.1, 0.15) is 34.6 Å². The van der Waals surface area contributed by atoms with Crippen LogP contribution in [-0.4, -0.2) is 29.0 Å². The van der Waals surface area contributed by atoms with Crippen LogP contribution in [0.3, 0.4) is 0 Å². The summed E-state index contributed by atoms with van der Waals surface area (Å²) in [4.78, 5) is 10.9. The summed E-state index contributed by atoms with van der Waals surface area (Å²) in [6, 6.07) is 5.13. The van der Waals surface area contributed by atoms with Gasteiger partial charge in [0.2, 0.25) is 0 Å². The number of benzene rings is 1. The predicted octanol–water partition coefficient (Wildman–Crippen LogP) is 1.92. The number of rotatable bonds is 3. The summed E-state index contributed by atoms with van der Waals surface area (Å²) >= 11 is 0. The van der Waals surface area contributed by atoms with E-state index in [0.717, 1.165) is 6.07 Å². The first-order chi connectivity index (χ1) is 11.3. The van der Waals surface area contributed by atoms with Gasteiger partial charge in [0.15, 0.2) is 6.04 Å². The number of halogens is 3. The van der Waals surface area contributed by atoms with Crippen molar-refractivity contribution < 1.29 is 27.8 Å². The minimum absolute atomic E-state index is 0.0180. The van der Waals surface area contributed by atoms with Crippen LogP contribution in [0, 0.1) is 0 Å². The van der Waals surface area contributed by atoms with Crippen LogP contribution < -0.4 is 15.2 Å². The highest BCUT2D eigenvalue weighted by Crippen LogP contribution is 2.43. The maximum absolute atomic E-state index is 13.4. The van der Waals surface area contributed by atoms with Crippen LogP contribution in [-0.2, 0) is 0 Å². The highest BCUT2D eigenvalue weighted by Gasteiger charge is 2.46. The third-order valence-corrected chi connectivity index (χ3v) is 3.90. The first kappa shape index (κ1) is 16.2. The summed E-state index contributed by atoms with van der Waals surface area (Å²) < 4.78 is 45.9. The van der Waals surface area contributed by atoms with Crippen molar-refractivity contribution in [3.8, 4) is 5.75 Å². The van der Waals surface area contributed by atoms with Crippen molar-refractivity contribution in [3.63, 3.8) is 0 Å². The standard InChI is InChI=1S/C15H14F3N3O3/c1-24-9-4-2-3-8(5-9)10-6-12(15(16,17)18)21-13(19-10)7-11(20-21)14(22)23/h2-5,7,10,12,19H,6H2,1H3,(H,22,23)/p-1/t10-,12+/m1/s1. The summed E-state index contributed by atoms with van der Waals surface area (Å²) in [7, 11) is 1.47. The van der Waals surface area contributed by atoms with Gasteiger partial charge in [-0.05, 0) is 17.7 Å². The van der Waals surface area contributed by atoms with Crippen LogP contribution in [0.5, 0.6) is 5.75 Å². The molecule has 1 aliphatic rings. The molecule has 0 spiro atoms. The lowest BCUT2D eigenvalue weighted by atomic mass is 9.97. The summed E-state index contributed by atoms with van der Waals surface area (Å²) in [5, 5.41) is 17.3. The molecule has 0 saturated carbocycles. The Hall–Kier alpha value is -2.71. The molecule has 1 N–H and O–H groups in total. The number of fused-ring (bicyclic) bond motifs is 1. The molecule has 0 amide bonds. The van der Waals surface area contributed by atoms with Crippen molar-refractivity contribution in [2.24, 2.45) is 0 Å². The Morgan fingerprint density at radius 1 is 1.42 bits per heavy atom. The number of carbonyl (C=O) groups is 1. The van der Waals surface area contributed by atoms with Gasteiger partial charge >= 0.3 is 6.18 Å². The van der Waals surface area contributed by atoms with Gasteiger partial charge in [-0.1, -0.05) is 12.1 Å². The summed E-state index contributed by atoms with van der Waals surface area (Å²) in [5.74, 6) is -1.12. The number of hydrogen-bond acceptors (Lipinski definition) is 5. The van der Waals surface area contributed by atoms with E-state index in [-0.39, 0.29) is 12.2 Å². The zero-order valence-corrected chi connectivity index (χ0v) is 12.5. The quantitative estimate of drug-likeness (QED) is 0.923. The van der Waals surface area contributed by atoms with Crippen molar-refractivity contribution in [2.45, 2.75) is 24.7 Å². The number of carboxylic acids is 1. The van der Waals surface area contributed by atoms with Crippen molar-refractivity contribution in [2.75, 3.05) is 12.4 Å². The largest absolute Gasteiger partial charge is 0.543 e. The second kappa shape index (κ2) is 5.73.